The number of carbonyl (C=O) groups excluding carboxylic acids is 4. The fraction of sp³-hybridized carbons (Fsp3) is 0.429. The first kappa shape index (κ1) is 45.7. The number of carbonyl (C=O) groups is 4. The number of hydrogen-bond acceptors (Lipinski definition) is 8. The van der Waals surface area contributed by atoms with Gasteiger partial charge in [0.25, 0.3) is 11.8 Å². The maximum Gasteiger partial charge on any atom is 0.393 e. The van der Waals surface area contributed by atoms with Crippen LogP contribution in [0.2, 0.25) is 0 Å². The van der Waals surface area contributed by atoms with Crippen molar-refractivity contribution in [3.8, 4) is 22.5 Å². The predicted molar refractivity (Wildman–Crippen MR) is 221 cm³/mol. The van der Waals surface area contributed by atoms with Crippen LogP contribution in [-0.2, 0) is 26.7 Å². The highest BCUT2D eigenvalue weighted by molar-refractivity contribution is 5.98. The minimum absolute atomic E-state index is 0. The largest absolute Gasteiger partial charge is 0.393 e. The highest BCUT2D eigenvalue weighted by Gasteiger charge is 2.65. The molecule has 1 saturated carbocycles. The number of piperidine rings is 1. The van der Waals surface area contributed by atoms with Crippen LogP contribution in [0.15, 0.2) is 66.7 Å². The summed E-state index contributed by atoms with van der Waals surface area (Å²) in [4.78, 5) is 55.2. The lowest BCUT2D eigenvalue weighted by atomic mass is 9.81. The molecule has 2 heterocycles. The molecule has 0 spiro atoms. The average Bonchev–Trinajstić information content (AvgIpc) is 3.75. The van der Waals surface area contributed by atoms with Crippen molar-refractivity contribution in [1.82, 2.24) is 36.4 Å². The van der Waals surface area contributed by atoms with Crippen LogP contribution in [0.1, 0.15) is 65.8 Å². The van der Waals surface area contributed by atoms with Gasteiger partial charge in [0.15, 0.2) is 5.82 Å². The number of aromatic amines is 1. The van der Waals surface area contributed by atoms with Crippen molar-refractivity contribution >= 4 is 41.7 Å². The minimum atomic E-state index is -5.09. The minimum Gasteiger partial charge on any atom is -0.354 e. The van der Waals surface area contributed by atoms with E-state index in [1.54, 1.807) is 5.10 Å². The number of aromatic nitrogens is 3. The number of amides is 4. The number of H-pyrrole nitrogens is 1. The Kier molecular flexibility index (Phi) is 15.1. The number of hydrogen-bond donors (Lipinski definition) is 7. The van der Waals surface area contributed by atoms with E-state index in [0.29, 0.717) is 36.6 Å². The lowest BCUT2D eigenvalue weighted by Gasteiger charge is -2.28. The molecular weight excluding hydrogens is 806 g/mol. The molecule has 1 saturated heterocycles. The van der Waals surface area contributed by atoms with E-state index in [4.69, 9.17) is 5.73 Å². The molecular formula is C42H50ClF4N9O4. The second-order valence-electron chi connectivity index (χ2n) is 15.2. The molecule has 2 aliphatic rings. The van der Waals surface area contributed by atoms with Crippen LogP contribution in [0.3, 0.4) is 0 Å². The fourth-order valence-electron chi connectivity index (χ4n) is 7.49. The SMILES string of the molecule is CNC(=O)C(F)(F)C(F)(F)c1nc(-c2ccc(NC(=O)[C@H](Cc3ccc(-c4ccc(C(=O)NC5CCNCC5)cc4C)cc3)NC(=O)C3CCC(CN)CC3)cc2)n[nH]1.Cl. The molecule has 0 unspecified atom stereocenters. The molecule has 2 fully saturated rings. The molecule has 18 heteroatoms. The number of nitrogens with one attached hydrogen (secondary N) is 6. The van der Waals surface area contributed by atoms with Gasteiger partial charge in [-0.15, -0.1) is 12.4 Å². The van der Waals surface area contributed by atoms with E-state index in [1.807, 2.05) is 49.4 Å². The van der Waals surface area contributed by atoms with Gasteiger partial charge in [-0.05, 0) is 130 Å². The van der Waals surface area contributed by atoms with Crippen LogP contribution in [0.4, 0.5) is 23.2 Å². The lowest BCUT2D eigenvalue weighted by Crippen LogP contribution is -2.50. The van der Waals surface area contributed by atoms with Crippen molar-refractivity contribution in [3.63, 3.8) is 0 Å². The summed E-state index contributed by atoms with van der Waals surface area (Å²) in [5.74, 6) is -14.8. The number of nitrogens with zero attached hydrogens (tertiary/aromatic N) is 2. The summed E-state index contributed by atoms with van der Waals surface area (Å²) < 4.78 is 57.4. The molecule has 6 rings (SSSR count). The normalized spacial score (nSPS) is 17.8. The number of anilines is 1. The van der Waals surface area contributed by atoms with Crippen LogP contribution in [0.25, 0.3) is 22.5 Å². The molecule has 4 aromatic rings. The maximum absolute atomic E-state index is 14.6. The zero-order valence-corrected chi connectivity index (χ0v) is 34.1. The van der Waals surface area contributed by atoms with Gasteiger partial charge in [-0.3, -0.25) is 24.3 Å². The van der Waals surface area contributed by atoms with Crippen LogP contribution >= 0.6 is 12.4 Å². The molecule has 0 radical (unpaired) electrons. The first-order chi connectivity index (χ1) is 28.2. The first-order valence-electron chi connectivity index (χ1n) is 19.7. The Morgan fingerprint density at radius 1 is 0.883 bits per heavy atom. The van der Waals surface area contributed by atoms with Crippen molar-refractivity contribution in [2.75, 3.05) is 32.0 Å². The molecule has 8 N–H and O–H groups in total. The van der Waals surface area contributed by atoms with Gasteiger partial charge in [0.1, 0.15) is 6.04 Å². The van der Waals surface area contributed by atoms with Gasteiger partial charge in [-0.25, -0.2) is 4.98 Å². The van der Waals surface area contributed by atoms with E-state index >= 15 is 0 Å². The van der Waals surface area contributed by atoms with Crippen molar-refractivity contribution in [2.24, 2.45) is 17.6 Å². The summed E-state index contributed by atoms with van der Waals surface area (Å²) >= 11 is 0. The Morgan fingerprint density at radius 3 is 2.15 bits per heavy atom. The molecule has 1 atom stereocenters. The van der Waals surface area contributed by atoms with Crippen LogP contribution in [0, 0.1) is 18.8 Å². The Bertz CT molecular complexity index is 2120. The smallest absolute Gasteiger partial charge is 0.354 e. The summed E-state index contributed by atoms with van der Waals surface area (Å²) in [5, 5.41) is 19.1. The van der Waals surface area contributed by atoms with Crippen LogP contribution < -0.4 is 32.3 Å². The van der Waals surface area contributed by atoms with Crippen molar-refractivity contribution in [3.05, 3.63) is 89.2 Å². The van der Waals surface area contributed by atoms with Gasteiger partial charge in [0.2, 0.25) is 17.6 Å². The summed E-state index contributed by atoms with van der Waals surface area (Å²) in [6.45, 7) is 4.26. The second-order valence-corrected chi connectivity index (χ2v) is 15.2. The Labute approximate surface area is 351 Å². The monoisotopic (exact) mass is 855 g/mol. The number of benzene rings is 3. The molecule has 3 aromatic carbocycles. The molecule has 1 aliphatic carbocycles. The van der Waals surface area contributed by atoms with Crippen molar-refractivity contribution < 1.29 is 36.7 Å². The van der Waals surface area contributed by atoms with Crippen LogP contribution in [-0.4, -0.2) is 83.5 Å². The van der Waals surface area contributed by atoms with E-state index in [0.717, 1.165) is 68.1 Å². The molecule has 1 aromatic heterocycles. The van der Waals surface area contributed by atoms with E-state index in [2.05, 4.69) is 31.3 Å². The third-order valence-electron chi connectivity index (χ3n) is 11.2. The van der Waals surface area contributed by atoms with E-state index in [1.165, 1.54) is 29.6 Å². The third kappa shape index (κ3) is 10.5. The predicted octanol–water partition coefficient (Wildman–Crippen LogP) is 5.25. The zero-order valence-electron chi connectivity index (χ0n) is 33.3. The maximum atomic E-state index is 14.6. The zero-order chi connectivity index (χ0) is 42.3. The summed E-state index contributed by atoms with van der Waals surface area (Å²) in [5.41, 5.74) is 10.5. The summed E-state index contributed by atoms with van der Waals surface area (Å²) in [6, 6.07) is 18.1. The first-order valence-corrected chi connectivity index (χ1v) is 19.7. The summed E-state index contributed by atoms with van der Waals surface area (Å²) in [7, 11) is 0.808. The number of aryl methyl sites for hydroxylation is 1. The standard InChI is InChI=1S/C42H49F4N9O4.ClH/c1-24-21-30(37(57)50-32-17-19-49-20-18-32)13-16-33(24)27-7-3-25(4-8-27)22-34(52-36(56)29-9-5-26(23-47)6-10-29)38(58)51-31-14-11-28(12-15-31)35-53-39(55-54-35)41(43,44)42(45,46)40(59)48-2;/h3-4,7-8,11-16,21,26,29,32,34,49H,5-6,9-10,17-20,22-23,47H2,1-2H3,(H,48,59)(H,50,57)(H,51,58)(H,52,56)(H,53,54,55);1H/t26?,29?,34-;/m0./s1. The summed E-state index contributed by atoms with van der Waals surface area (Å²) in [6.07, 6.45) is 4.91. The number of rotatable bonds is 14. The third-order valence-corrected chi connectivity index (χ3v) is 11.2. The van der Waals surface area contributed by atoms with Gasteiger partial charge < -0.3 is 32.3 Å². The number of alkyl halides is 4. The van der Waals surface area contributed by atoms with E-state index in [-0.39, 0.29) is 54.0 Å². The van der Waals surface area contributed by atoms with Crippen LogP contribution in [0.5, 0.6) is 0 Å². The van der Waals surface area contributed by atoms with Gasteiger partial charge in [-0.1, -0.05) is 30.3 Å². The Hall–Kier alpha value is -5.39. The quantitative estimate of drug-likeness (QED) is 0.0835. The van der Waals surface area contributed by atoms with Gasteiger partial charge in [0, 0.05) is 42.2 Å². The molecule has 322 valence electrons. The highest BCUT2D eigenvalue weighted by Crippen LogP contribution is 2.42. The lowest BCUT2D eigenvalue weighted by molar-refractivity contribution is -0.218. The molecule has 4 amide bonds. The number of halogens is 5. The van der Waals surface area contributed by atoms with Crippen molar-refractivity contribution in [1.29, 1.82) is 0 Å². The Morgan fingerprint density at radius 2 is 1.53 bits per heavy atom. The highest BCUT2D eigenvalue weighted by atomic mass is 35.5. The van der Waals surface area contributed by atoms with E-state index in [9.17, 15) is 36.7 Å². The molecule has 1 aliphatic heterocycles. The topological polar surface area (TPSA) is 196 Å². The second kappa shape index (κ2) is 19.8. The van der Waals surface area contributed by atoms with Gasteiger partial charge >= 0.3 is 11.8 Å². The molecule has 13 nitrogen and oxygen atoms in total. The molecule has 60 heavy (non-hydrogen) atoms. The Balaban J connectivity index is 0.00000683. The van der Waals surface area contributed by atoms with Gasteiger partial charge in [0.05, 0.1) is 0 Å². The van der Waals surface area contributed by atoms with E-state index < -0.39 is 35.5 Å². The fourth-order valence-corrected chi connectivity index (χ4v) is 7.49. The average molecular weight is 856 g/mol. The van der Waals surface area contributed by atoms with Gasteiger partial charge in [-0.2, -0.15) is 22.7 Å². The molecule has 0 bridgehead atoms. The van der Waals surface area contributed by atoms with Crippen molar-refractivity contribution in [2.45, 2.75) is 75.8 Å². The number of nitrogens with two attached hydrogens (primary N) is 1.